The molecule has 1 amide bonds. The van der Waals surface area contributed by atoms with E-state index in [1.807, 2.05) is 0 Å². The highest BCUT2D eigenvalue weighted by Gasteiger charge is 2.38. The second-order valence-corrected chi connectivity index (χ2v) is 5.55. The summed E-state index contributed by atoms with van der Waals surface area (Å²) in [6, 6.07) is 4.66. The minimum Gasteiger partial charge on any atom is -0.534 e. The monoisotopic (exact) mass is 345 g/mol. The molecule has 25 heavy (non-hydrogen) atoms. The van der Waals surface area contributed by atoms with E-state index in [-0.39, 0.29) is 23.4 Å². The molecule has 1 aliphatic rings. The number of amides is 1. The van der Waals surface area contributed by atoms with Gasteiger partial charge in [0.15, 0.2) is 5.69 Å². The summed E-state index contributed by atoms with van der Waals surface area (Å²) in [7, 11) is -1.38. The summed E-state index contributed by atoms with van der Waals surface area (Å²) >= 11 is 0. The van der Waals surface area contributed by atoms with E-state index < -0.39 is 24.9 Å². The maximum atomic E-state index is 12.2. The molecule has 5 N–H and O–H groups in total. The number of hydrogen-bond donors (Lipinski definition) is 4. The van der Waals surface area contributed by atoms with Crippen molar-refractivity contribution < 1.29 is 24.4 Å². The van der Waals surface area contributed by atoms with E-state index in [1.165, 1.54) is 16.9 Å². The average molecular weight is 345 g/mol. The normalized spacial score (nSPS) is 16.1. The Morgan fingerprint density at radius 3 is 3.00 bits per heavy atom. The molecule has 0 bridgehead atoms. The molecule has 1 aromatic carbocycles. The predicted octanol–water partition coefficient (Wildman–Crippen LogP) is -1.31. The van der Waals surface area contributed by atoms with Gasteiger partial charge in [0.1, 0.15) is 5.75 Å². The van der Waals surface area contributed by atoms with Gasteiger partial charge in [0, 0.05) is 6.54 Å². The molecule has 0 saturated carbocycles. The van der Waals surface area contributed by atoms with Crippen LogP contribution in [0.1, 0.15) is 26.4 Å². The highest BCUT2D eigenvalue weighted by atomic mass is 16.5. The smallest absolute Gasteiger partial charge is 0.534 e. The number of carboxylic acids is 1. The Kier molecular flexibility index (Phi) is 4.68. The van der Waals surface area contributed by atoms with Gasteiger partial charge in [-0.25, -0.2) is 4.79 Å². The Morgan fingerprint density at radius 1 is 1.48 bits per heavy atom. The van der Waals surface area contributed by atoms with Crippen LogP contribution in [-0.4, -0.2) is 56.6 Å². The summed E-state index contributed by atoms with van der Waals surface area (Å²) in [5.41, 5.74) is 6.05. The molecular formula is C14H16BN5O5. The first-order chi connectivity index (χ1) is 12.0. The van der Waals surface area contributed by atoms with Crippen molar-refractivity contribution in [1.82, 2.24) is 20.3 Å². The van der Waals surface area contributed by atoms with Crippen molar-refractivity contribution in [3.05, 3.63) is 41.2 Å². The zero-order chi connectivity index (χ0) is 18.0. The highest BCUT2D eigenvalue weighted by molar-refractivity contribution is 6.47. The van der Waals surface area contributed by atoms with E-state index >= 15 is 0 Å². The fourth-order valence-electron chi connectivity index (χ4n) is 2.60. The molecule has 1 aliphatic heterocycles. The quantitative estimate of drug-likeness (QED) is 0.487. The minimum atomic E-state index is -1.38. The number of fused-ring (bicyclic) bond motifs is 1. The summed E-state index contributed by atoms with van der Waals surface area (Å²) in [4.78, 5) is 23.5. The molecule has 1 aromatic heterocycles. The van der Waals surface area contributed by atoms with Crippen LogP contribution in [-0.2, 0) is 13.0 Å². The number of carbonyl (C=O) groups is 2. The van der Waals surface area contributed by atoms with Crippen molar-refractivity contribution in [3.8, 4) is 5.75 Å². The van der Waals surface area contributed by atoms with Crippen LogP contribution in [0, 0.1) is 0 Å². The lowest BCUT2D eigenvalue weighted by atomic mass is 9.72. The first-order valence-electron chi connectivity index (χ1n) is 7.60. The van der Waals surface area contributed by atoms with E-state index in [0.29, 0.717) is 18.7 Å². The van der Waals surface area contributed by atoms with Crippen molar-refractivity contribution in [3.63, 3.8) is 0 Å². The number of nitrogens with one attached hydrogen (secondary N) is 1. The lowest BCUT2D eigenvalue weighted by molar-refractivity contribution is 0.0693. The molecule has 11 heteroatoms. The predicted molar refractivity (Wildman–Crippen MR) is 86.0 cm³/mol. The zero-order valence-electron chi connectivity index (χ0n) is 13.1. The maximum Gasteiger partial charge on any atom is 0.547 e. The third kappa shape index (κ3) is 3.46. The number of carbonyl (C=O) groups excluding carboxylic acids is 1. The fraction of sp³-hybridized carbons (Fsp3) is 0.286. The number of aromatic nitrogens is 3. The van der Waals surface area contributed by atoms with Crippen LogP contribution < -0.4 is 15.7 Å². The molecule has 0 spiro atoms. The van der Waals surface area contributed by atoms with Gasteiger partial charge in [-0.1, -0.05) is 17.3 Å². The van der Waals surface area contributed by atoms with Gasteiger partial charge in [-0.2, -0.15) is 0 Å². The SMILES string of the molecule is NCCn1cc(C(=O)N[C@H]2Cc3cccc(C(=O)O)c3OB2O)nn1. The third-order valence-electron chi connectivity index (χ3n) is 3.80. The maximum absolute atomic E-state index is 12.2. The number of para-hydroxylation sites is 1. The molecule has 0 fully saturated rings. The Bertz CT molecular complexity index is 811. The molecule has 10 nitrogen and oxygen atoms in total. The molecule has 0 unspecified atom stereocenters. The second-order valence-electron chi connectivity index (χ2n) is 5.55. The lowest BCUT2D eigenvalue weighted by Crippen LogP contribution is -2.53. The van der Waals surface area contributed by atoms with Gasteiger partial charge in [-0.3, -0.25) is 9.48 Å². The van der Waals surface area contributed by atoms with Gasteiger partial charge >= 0.3 is 13.1 Å². The van der Waals surface area contributed by atoms with E-state index in [9.17, 15) is 19.7 Å². The van der Waals surface area contributed by atoms with Crippen molar-refractivity contribution in [2.75, 3.05) is 6.54 Å². The first kappa shape index (κ1) is 16.9. The summed E-state index contributed by atoms with van der Waals surface area (Å²) in [6.07, 6.45) is 1.68. The largest absolute Gasteiger partial charge is 0.547 e. The lowest BCUT2D eigenvalue weighted by Gasteiger charge is -2.28. The summed E-state index contributed by atoms with van der Waals surface area (Å²) < 4.78 is 6.76. The molecule has 0 saturated heterocycles. The third-order valence-corrected chi connectivity index (χ3v) is 3.80. The van der Waals surface area contributed by atoms with Crippen LogP contribution in [0.15, 0.2) is 24.4 Å². The van der Waals surface area contributed by atoms with E-state index in [0.717, 1.165) is 0 Å². The zero-order valence-corrected chi connectivity index (χ0v) is 13.1. The van der Waals surface area contributed by atoms with Crippen LogP contribution >= 0.6 is 0 Å². The molecule has 3 rings (SSSR count). The van der Waals surface area contributed by atoms with Gasteiger partial charge in [0.25, 0.3) is 5.91 Å². The Labute approximate surface area is 142 Å². The number of aromatic carboxylic acids is 1. The number of hydrogen-bond acceptors (Lipinski definition) is 7. The highest BCUT2D eigenvalue weighted by Crippen LogP contribution is 2.30. The second kappa shape index (κ2) is 6.91. The van der Waals surface area contributed by atoms with Crippen molar-refractivity contribution in [2.45, 2.75) is 18.9 Å². The molecule has 130 valence electrons. The summed E-state index contributed by atoms with van der Waals surface area (Å²) in [5, 5.41) is 29.4. The number of nitrogens with two attached hydrogens (primary N) is 1. The standard InChI is InChI=1S/C14H16BN5O5/c16-4-5-20-7-10(18-19-20)13(21)17-11-6-8-2-1-3-9(14(22)23)12(8)25-15(11)24/h1-3,7,11,24H,4-6,16H2,(H,17,21)(H,22,23)/t11-/m0/s1. The number of rotatable bonds is 5. The summed E-state index contributed by atoms with van der Waals surface area (Å²) in [5.74, 6) is -2.30. The van der Waals surface area contributed by atoms with Crippen molar-refractivity contribution in [2.24, 2.45) is 5.73 Å². The molecule has 2 heterocycles. The minimum absolute atomic E-state index is 0.0361. The van der Waals surface area contributed by atoms with Gasteiger partial charge in [0.2, 0.25) is 0 Å². The van der Waals surface area contributed by atoms with E-state index in [1.54, 1.807) is 12.1 Å². The van der Waals surface area contributed by atoms with Crippen LogP contribution in [0.3, 0.4) is 0 Å². The summed E-state index contributed by atoms with van der Waals surface area (Å²) in [6.45, 7) is 0.795. The number of benzene rings is 1. The van der Waals surface area contributed by atoms with Gasteiger partial charge in [-0.15, -0.1) is 5.10 Å². The Balaban J connectivity index is 1.74. The first-order valence-corrected chi connectivity index (χ1v) is 7.60. The van der Waals surface area contributed by atoms with Gasteiger partial charge < -0.3 is 25.8 Å². The van der Waals surface area contributed by atoms with Gasteiger partial charge in [-0.05, 0) is 18.1 Å². The fourth-order valence-corrected chi connectivity index (χ4v) is 2.60. The molecule has 2 aromatic rings. The Hall–Kier alpha value is -2.92. The Morgan fingerprint density at radius 2 is 2.28 bits per heavy atom. The van der Waals surface area contributed by atoms with Crippen molar-refractivity contribution >= 4 is 19.0 Å². The molecule has 0 radical (unpaired) electrons. The molecular weight excluding hydrogens is 329 g/mol. The van der Waals surface area contributed by atoms with Crippen LogP contribution in [0.4, 0.5) is 0 Å². The number of nitrogens with zero attached hydrogens (tertiary/aromatic N) is 3. The molecule has 1 atom stereocenters. The van der Waals surface area contributed by atoms with Gasteiger partial charge in [0.05, 0.1) is 24.2 Å². The number of carboxylic acid groups (broad SMARTS) is 1. The van der Waals surface area contributed by atoms with E-state index in [2.05, 4.69) is 15.6 Å². The van der Waals surface area contributed by atoms with Crippen LogP contribution in [0.25, 0.3) is 0 Å². The topological polar surface area (TPSA) is 153 Å². The van der Waals surface area contributed by atoms with Crippen molar-refractivity contribution in [1.29, 1.82) is 0 Å². The van der Waals surface area contributed by atoms with Crippen LogP contribution in [0.5, 0.6) is 5.75 Å². The van der Waals surface area contributed by atoms with Crippen LogP contribution in [0.2, 0.25) is 0 Å². The molecule has 0 aliphatic carbocycles. The average Bonchev–Trinajstić information content (AvgIpc) is 3.04. The van der Waals surface area contributed by atoms with E-state index in [4.69, 9.17) is 10.4 Å².